The van der Waals surface area contributed by atoms with Crippen molar-refractivity contribution in [1.29, 1.82) is 0 Å². The summed E-state index contributed by atoms with van der Waals surface area (Å²) in [5.41, 5.74) is 1.92. The van der Waals surface area contributed by atoms with Gasteiger partial charge in [0.05, 0.1) is 13.2 Å². The molecule has 0 unspecified atom stereocenters. The van der Waals surface area contributed by atoms with Gasteiger partial charge < -0.3 is 19.7 Å². The van der Waals surface area contributed by atoms with E-state index in [0.717, 1.165) is 5.56 Å². The lowest BCUT2D eigenvalue weighted by molar-refractivity contribution is -0.116. The number of ether oxygens (including phenoxy) is 2. The van der Waals surface area contributed by atoms with Crippen molar-refractivity contribution in [3.05, 3.63) is 83.1 Å². The van der Waals surface area contributed by atoms with Crippen LogP contribution in [0.4, 0.5) is 5.69 Å². The van der Waals surface area contributed by atoms with E-state index in [-0.39, 0.29) is 18.4 Å². The van der Waals surface area contributed by atoms with Crippen LogP contribution in [0.2, 0.25) is 5.02 Å². The number of rotatable bonds is 9. The van der Waals surface area contributed by atoms with E-state index in [0.29, 0.717) is 41.0 Å². The first-order valence-corrected chi connectivity index (χ1v) is 10.4. The van der Waals surface area contributed by atoms with Crippen molar-refractivity contribution in [3.63, 3.8) is 0 Å². The van der Waals surface area contributed by atoms with E-state index in [1.807, 2.05) is 19.1 Å². The predicted octanol–water partition coefficient (Wildman–Crippen LogP) is 4.42. The molecule has 1 heterocycles. The number of hydrogen-bond acceptors (Lipinski definition) is 5. The van der Waals surface area contributed by atoms with Crippen LogP contribution in [0.1, 0.15) is 22.8 Å². The summed E-state index contributed by atoms with van der Waals surface area (Å²) in [6.07, 6.45) is 3.39. The monoisotopic (exact) mass is 453 g/mol. The molecule has 1 aromatic heterocycles. The fourth-order valence-corrected chi connectivity index (χ4v) is 3.13. The van der Waals surface area contributed by atoms with Crippen LogP contribution in [0.3, 0.4) is 0 Å². The second kappa shape index (κ2) is 11.2. The summed E-state index contributed by atoms with van der Waals surface area (Å²) >= 11 is 5.93. The van der Waals surface area contributed by atoms with E-state index < -0.39 is 0 Å². The highest BCUT2D eigenvalue weighted by Gasteiger charge is 2.18. The largest absolute Gasteiger partial charge is 0.490 e. The Kier molecular flexibility index (Phi) is 8.05. The molecule has 166 valence electrons. The Labute approximate surface area is 191 Å². The molecular weight excluding hydrogens is 430 g/mol. The maximum Gasteiger partial charge on any atom is 0.254 e. The highest BCUT2D eigenvalue weighted by Crippen LogP contribution is 2.29. The van der Waals surface area contributed by atoms with Gasteiger partial charge in [-0.3, -0.25) is 14.6 Å². The maximum absolute atomic E-state index is 12.9. The molecule has 0 radical (unpaired) electrons. The second-order valence-corrected chi connectivity index (χ2v) is 7.39. The van der Waals surface area contributed by atoms with Crippen molar-refractivity contribution in [2.24, 2.45) is 0 Å². The van der Waals surface area contributed by atoms with Gasteiger partial charge in [-0.1, -0.05) is 17.7 Å². The Balaban J connectivity index is 1.65. The van der Waals surface area contributed by atoms with Gasteiger partial charge in [-0.15, -0.1) is 0 Å². The van der Waals surface area contributed by atoms with Crippen molar-refractivity contribution >= 4 is 29.1 Å². The SMILES string of the molecule is CCOc1cc(C(=O)N(C)CC(=O)Nc2cccc(Cl)c2)ccc1OCc1ccncc1. The molecule has 0 aliphatic heterocycles. The predicted molar refractivity (Wildman–Crippen MR) is 123 cm³/mol. The lowest BCUT2D eigenvalue weighted by atomic mass is 10.1. The van der Waals surface area contributed by atoms with Crippen LogP contribution in [0.15, 0.2) is 67.0 Å². The molecule has 0 atom stereocenters. The Morgan fingerprint density at radius 1 is 1.03 bits per heavy atom. The third kappa shape index (κ3) is 6.46. The zero-order valence-electron chi connectivity index (χ0n) is 17.9. The van der Waals surface area contributed by atoms with Gasteiger partial charge in [0.2, 0.25) is 5.91 Å². The number of nitrogens with one attached hydrogen (secondary N) is 1. The number of nitrogens with zero attached hydrogens (tertiary/aromatic N) is 2. The van der Waals surface area contributed by atoms with Gasteiger partial charge in [0.1, 0.15) is 6.61 Å². The number of aromatic nitrogens is 1. The molecule has 3 aromatic rings. The number of likely N-dealkylation sites (N-methyl/N-ethyl adjacent to an activating group) is 1. The van der Waals surface area contributed by atoms with Gasteiger partial charge in [0, 0.05) is 35.7 Å². The number of amides is 2. The van der Waals surface area contributed by atoms with Crippen molar-refractivity contribution in [3.8, 4) is 11.5 Å². The summed E-state index contributed by atoms with van der Waals surface area (Å²) in [5.74, 6) is 0.351. The molecule has 2 aromatic carbocycles. The summed E-state index contributed by atoms with van der Waals surface area (Å²) in [6, 6.07) is 15.5. The van der Waals surface area contributed by atoms with E-state index in [2.05, 4.69) is 10.3 Å². The minimum absolute atomic E-state index is 0.115. The van der Waals surface area contributed by atoms with Gasteiger partial charge >= 0.3 is 0 Å². The molecule has 0 fully saturated rings. The molecule has 8 heteroatoms. The first-order chi connectivity index (χ1) is 15.5. The summed E-state index contributed by atoms with van der Waals surface area (Å²) in [5, 5.41) is 3.24. The normalized spacial score (nSPS) is 10.3. The van der Waals surface area contributed by atoms with Crippen LogP contribution in [0.5, 0.6) is 11.5 Å². The topological polar surface area (TPSA) is 80.8 Å². The molecule has 0 spiro atoms. The summed E-state index contributed by atoms with van der Waals surface area (Å²) in [4.78, 5) is 30.5. The molecule has 0 aliphatic rings. The summed E-state index contributed by atoms with van der Waals surface area (Å²) in [6.45, 7) is 2.50. The van der Waals surface area contributed by atoms with Gasteiger partial charge in [0.25, 0.3) is 5.91 Å². The van der Waals surface area contributed by atoms with Crippen molar-refractivity contribution in [1.82, 2.24) is 9.88 Å². The molecule has 3 rings (SSSR count). The third-order valence-electron chi connectivity index (χ3n) is 4.47. The number of benzene rings is 2. The quantitative estimate of drug-likeness (QED) is 0.518. The molecule has 0 aliphatic carbocycles. The van der Waals surface area contributed by atoms with E-state index in [1.165, 1.54) is 4.90 Å². The Bertz CT molecular complexity index is 1080. The minimum Gasteiger partial charge on any atom is -0.490 e. The second-order valence-electron chi connectivity index (χ2n) is 6.96. The fourth-order valence-electron chi connectivity index (χ4n) is 2.94. The van der Waals surface area contributed by atoms with Gasteiger partial charge in [-0.25, -0.2) is 0 Å². The first kappa shape index (κ1) is 23.1. The highest BCUT2D eigenvalue weighted by atomic mass is 35.5. The Hall–Kier alpha value is -3.58. The number of pyridine rings is 1. The van der Waals surface area contributed by atoms with Gasteiger partial charge in [-0.05, 0) is 61.0 Å². The maximum atomic E-state index is 12.9. The Morgan fingerprint density at radius 3 is 2.53 bits per heavy atom. The zero-order valence-corrected chi connectivity index (χ0v) is 18.6. The molecule has 7 nitrogen and oxygen atoms in total. The van der Waals surface area contributed by atoms with Crippen LogP contribution in [0.25, 0.3) is 0 Å². The Morgan fingerprint density at radius 2 is 1.81 bits per heavy atom. The molecule has 1 N–H and O–H groups in total. The van der Waals surface area contributed by atoms with Crippen LogP contribution in [-0.4, -0.2) is 41.9 Å². The molecule has 2 amide bonds. The molecule has 0 bridgehead atoms. The van der Waals surface area contributed by atoms with Crippen LogP contribution in [-0.2, 0) is 11.4 Å². The molecule has 0 saturated carbocycles. The van der Waals surface area contributed by atoms with Crippen molar-refractivity contribution < 1.29 is 19.1 Å². The van der Waals surface area contributed by atoms with Crippen molar-refractivity contribution in [2.45, 2.75) is 13.5 Å². The lowest BCUT2D eigenvalue weighted by Gasteiger charge is -2.18. The van der Waals surface area contributed by atoms with Gasteiger partial charge in [0.15, 0.2) is 11.5 Å². The number of anilines is 1. The lowest BCUT2D eigenvalue weighted by Crippen LogP contribution is -2.34. The van der Waals surface area contributed by atoms with Gasteiger partial charge in [-0.2, -0.15) is 0 Å². The number of carbonyl (C=O) groups excluding carboxylic acids is 2. The highest BCUT2D eigenvalue weighted by molar-refractivity contribution is 6.30. The smallest absolute Gasteiger partial charge is 0.254 e. The number of hydrogen-bond donors (Lipinski definition) is 1. The zero-order chi connectivity index (χ0) is 22.9. The molecule has 0 saturated heterocycles. The van der Waals surface area contributed by atoms with Crippen LogP contribution < -0.4 is 14.8 Å². The standard InChI is InChI=1S/C24H24ClN3O4/c1-3-31-22-13-18(7-8-21(22)32-16-17-9-11-26-12-10-17)24(30)28(2)15-23(29)27-20-6-4-5-19(25)14-20/h4-14H,3,15-16H2,1-2H3,(H,27,29). The number of carbonyl (C=O) groups is 2. The van der Waals surface area contributed by atoms with E-state index in [9.17, 15) is 9.59 Å². The average molecular weight is 454 g/mol. The van der Waals surface area contributed by atoms with Crippen LogP contribution >= 0.6 is 11.6 Å². The molecule has 32 heavy (non-hydrogen) atoms. The average Bonchev–Trinajstić information content (AvgIpc) is 2.78. The fraction of sp³-hybridized carbons (Fsp3) is 0.208. The number of halogens is 1. The van der Waals surface area contributed by atoms with Crippen LogP contribution in [0, 0.1) is 0 Å². The minimum atomic E-state index is -0.328. The molecular formula is C24H24ClN3O4. The van der Waals surface area contributed by atoms with E-state index in [4.69, 9.17) is 21.1 Å². The summed E-state index contributed by atoms with van der Waals surface area (Å²) in [7, 11) is 1.56. The third-order valence-corrected chi connectivity index (χ3v) is 4.71. The van der Waals surface area contributed by atoms with E-state index >= 15 is 0 Å². The van der Waals surface area contributed by atoms with Crippen molar-refractivity contribution in [2.75, 3.05) is 25.5 Å². The first-order valence-electron chi connectivity index (χ1n) is 10.1. The summed E-state index contributed by atoms with van der Waals surface area (Å²) < 4.78 is 11.5. The van der Waals surface area contributed by atoms with E-state index in [1.54, 1.807) is 61.9 Å².